The molecule has 0 spiro atoms. The Balaban J connectivity index is 0.000001000. The molecule has 2 N–H and O–H groups in total. The van der Waals surface area contributed by atoms with Gasteiger partial charge in [0.05, 0.1) is 12.5 Å². The van der Waals surface area contributed by atoms with E-state index < -0.39 is 0 Å². The molecule has 0 saturated carbocycles. The van der Waals surface area contributed by atoms with Crippen LogP contribution >= 0.6 is 23.7 Å². The van der Waals surface area contributed by atoms with Crippen LogP contribution in [0.1, 0.15) is 18.0 Å². The molecule has 2 nitrogen and oxygen atoms in total. The van der Waals surface area contributed by atoms with Crippen LogP contribution in [0.2, 0.25) is 0 Å². The summed E-state index contributed by atoms with van der Waals surface area (Å²) in [4.78, 5) is 0. The van der Waals surface area contributed by atoms with E-state index in [2.05, 4.69) is 0 Å². The summed E-state index contributed by atoms with van der Waals surface area (Å²) in [5.41, 5.74) is 6.70. The first-order valence-corrected chi connectivity index (χ1v) is 3.93. The summed E-state index contributed by atoms with van der Waals surface area (Å²) in [6.45, 7) is 0. The molecule has 1 rings (SSSR count). The Labute approximate surface area is 76.1 Å². The maximum Gasteiger partial charge on any atom is 0.0641 e. The van der Waals surface area contributed by atoms with E-state index >= 15 is 0 Å². The van der Waals surface area contributed by atoms with E-state index in [9.17, 15) is 0 Å². The second kappa shape index (κ2) is 5.14. The van der Waals surface area contributed by atoms with Crippen molar-refractivity contribution in [3.8, 4) is 6.07 Å². The number of hydrogen-bond donors (Lipinski definition) is 1. The third-order valence-corrected chi connectivity index (χ3v) is 1.98. The first-order chi connectivity index (χ1) is 4.84. The largest absolute Gasteiger partial charge is 0.323 e. The SMILES string of the molecule is Cl.N#CCC(N)c1ccsc1. The molecule has 1 aromatic heterocycles. The first-order valence-electron chi connectivity index (χ1n) is 2.99. The molecule has 1 atom stereocenters. The molecule has 4 heteroatoms. The summed E-state index contributed by atoms with van der Waals surface area (Å²) in [6.07, 6.45) is 0.400. The van der Waals surface area contributed by atoms with Gasteiger partial charge in [-0.25, -0.2) is 0 Å². The Morgan fingerprint density at radius 1 is 1.73 bits per heavy atom. The molecule has 1 heterocycles. The molecule has 0 aromatic carbocycles. The third-order valence-electron chi connectivity index (χ3n) is 1.28. The molecule has 1 unspecified atom stereocenters. The van der Waals surface area contributed by atoms with E-state index in [0.29, 0.717) is 6.42 Å². The van der Waals surface area contributed by atoms with Crippen molar-refractivity contribution in [3.63, 3.8) is 0 Å². The molecule has 0 aliphatic rings. The van der Waals surface area contributed by atoms with Crippen molar-refractivity contribution in [3.05, 3.63) is 22.4 Å². The minimum atomic E-state index is -0.101. The third kappa shape index (κ3) is 2.89. The van der Waals surface area contributed by atoms with Crippen molar-refractivity contribution in [2.75, 3.05) is 0 Å². The van der Waals surface area contributed by atoms with Crippen LogP contribution in [0.3, 0.4) is 0 Å². The van der Waals surface area contributed by atoms with Gasteiger partial charge < -0.3 is 5.73 Å². The Hall–Kier alpha value is -0.560. The second-order valence-electron chi connectivity index (χ2n) is 2.03. The molecule has 60 valence electrons. The van der Waals surface area contributed by atoms with E-state index in [1.807, 2.05) is 22.9 Å². The number of nitrogens with zero attached hydrogens (tertiary/aromatic N) is 1. The molecule has 0 bridgehead atoms. The van der Waals surface area contributed by atoms with Crippen LogP contribution < -0.4 is 5.73 Å². The lowest BCUT2D eigenvalue weighted by Crippen LogP contribution is -2.07. The first kappa shape index (κ1) is 10.4. The van der Waals surface area contributed by atoms with Crippen LogP contribution in [-0.4, -0.2) is 0 Å². The standard InChI is InChI=1S/C7H8N2S.ClH/c8-3-1-7(9)6-2-4-10-5-6;/h2,4-5,7H,1,9H2;1H. The normalized spacial score (nSPS) is 11.3. The summed E-state index contributed by atoms with van der Waals surface area (Å²) in [5, 5.41) is 12.2. The highest BCUT2D eigenvalue weighted by atomic mass is 35.5. The summed E-state index contributed by atoms with van der Waals surface area (Å²) in [5.74, 6) is 0. The van der Waals surface area contributed by atoms with Gasteiger partial charge in [0, 0.05) is 6.04 Å². The van der Waals surface area contributed by atoms with E-state index in [1.54, 1.807) is 11.3 Å². The number of nitriles is 1. The highest BCUT2D eigenvalue weighted by Crippen LogP contribution is 2.15. The van der Waals surface area contributed by atoms with Crippen molar-refractivity contribution in [2.45, 2.75) is 12.5 Å². The summed E-state index contributed by atoms with van der Waals surface area (Å²) in [7, 11) is 0. The maximum absolute atomic E-state index is 8.31. The van der Waals surface area contributed by atoms with Gasteiger partial charge in [-0.15, -0.1) is 12.4 Å². The highest BCUT2D eigenvalue weighted by Gasteiger charge is 2.03. The van der Waals surface area contributed by atoms with Crippen molar-refractivity contribution >= 4 is 23.7 Å². The van der Waals surface area contributed by atoms with Gasteiger partial charge >= 0.3 is 0 Å². The van der Waals surface area contributed by atoms with Gasteiger partial charge in [0.15, 0.2) is 0 Å². The Morgan fingerprint density at radius 2 is 2.45 bits per heavy atom. The number of halogens is 1. The molecule has 0 amide bonds. The van der Waals surface area contributed by atoms with Gasteiger partial charge in [0.2, 0.25) is 0 Å². The van der Waals surface area contributed by atoms with Gasteiger partial charge in [-0.05, 0) is 22.4 Å². The van der Waals surface area contributed by atoms with Crippen LogP contribution in [-0.2, 0) is 0 Å². The lowest BCUT2D eigenvalue weighted by molar-refractivity contribution is 0.752. The second-order valence-corrected chi connectivity index (χ2v) is 2.81. The molecule has 0 fully saturated rings. The molecule has 0 aliphatic carbocycles. The fraction of sp³-hybridized carbons (Fsp3) is 0.286. The smallest absolute Gasteiger partial charge is 0.0641 e. The summed E-state index contributed by atoms with van der Waals surface area (Å²) in [6, 6.07) is 3.89. The zero-order valence-electron chi connectivity index (χ0n) is 5.86. The molecule has 11 heavy (non-hydrogen) atoms. The molecule has 0 radical (unpaired) electrons. The molecular formula is C7H9ClN2S. The van der Waals surface area contributed by atoms with Crippen LogP contribution in [0.25, 0.3) is 0 Å². The van der Waals surface area contributed by atoms with Crippen molar-refractivity contribution in [1.82, 2.24) is 0 Å². The molecular weight excluding hydrogens is 180 g/mol. The van der Waals surface area contributed by atoms with Crippen LogP contribution in [0.4, 0.5) is 0 Å². The van der Waals surface area contributed by atoms with Gasteiger partial charge in [0.1, 0.15) is 0 Å². The van der Waals surface area contributed by atoms with E-state index in [4.69, 9.17) is 11.0 Å². The lowest BCUT2D eigenvalue weighted by atomic mass is 10.1. The van der Waals surface area contributed by atoms with Crippen molar-refractivity contribution < 1.29 is 0 Å². The fourth-order valence-electron chi connectivity index (χ4n) is 0.702. The quantitative estimate of drug-likeness (QED) is 0.773. The lowest BCUT2D eigenvalue weighted by Gasteiger charge is -2.01. The summed E-state index contributed by atoms with van der Waals surface area (Å²) >= 11 is 1.60. The number of nitrogens with two attached hydrogens (primary N) is 1. The van der Waals surface area contributed by atoms with Gasteiger partial charge in [-0.3, -0.25) is 0 Å². The average Bonchev–Trinajstić information content (AvgIpc) is 2.38. The predicted molar refractivity (Wildman–Crippen MR) is 48.7 cm³/mol. The summed E-state index contributed by atoms with van der Waals surface area (Å²) < 4.78 is 0. The Morgan fingerprint density at radius 3 is 2.91 bits per heavy atom. The van der Waals surface area contributed by atoms with Crippen molar-refractivity contribution in [1.29, 1.82) is 5.26 Å². The minimum Gasteiger partial charge on any atom is -0.323 e. The zero-order chi connectivity index (χ0) is 7.40. The van der Waals surface area contributed by atoms with E-state index in [-0.39, 0.29) is 18.4 Å². The van der Waals surface area contributed by atoms with Gasteiger partial charge in [0.25, 0.3) is 0 Å². The molecule has 1 aromatic rings. The predicted octanol–water partition coefficient (Wildman–Crippen LogP) is 2.08. The van der Waals surface area contributed by atoms with Crippen LogP contribution in [0.15, 0.2) is 16.8 Å². The molecule has 0 saturated heterocycles. The van der Waals surface area contributed by atoms with Gasteiger partial charge in [-0.1, -0.05) is 0 Å². The van der Waals surface area contributed by atoms with Crippen molar-refractivity contribution in [2.24, 2.45) is 5.73 Å². The topological polar surface area (TPSA) is 49.8 Å². The average molecular weight is 189 g/mol. The Bertz CT molecular complexity index is 227. The number of rotatable bonds is 2. The van der Waals surface area contributed by atoms with Crippen LogP contribution in [0, 0.1) is 11.3 Å². The van der Waals surface area contributed by atoms with Gasteiger partial charge in [-0.2, -0.15) is 16.6 Å². The molecule has 0 aliphatic heterocycles. The van der Waals surface area contributed by atoms with E-state index in [0.717, 1.165) is 5.56 Å². The minimum absolute atomic E-state index is 0. The fourth-order valence-corrected chi connectivity index (χ4v) is 1.43. The Kier molecular flexibility index (Phi) is 4.88. The highest BCUT2D eigenvalue weighted by molar-refractivity contribution is 7.07. The van der Waals surface area contributed by atoms with E-state index in [1.165, 1.54) is 0 Å². The number of hydrogen-bond acceptors (Lipinski definition) is 3. The number of thiophene rings is 1. The zero-order valence-corrected chi connectivity index (χ0v) is 7.49. The monoisotopic (exact) mass is 188 g/mol. The maximum atomic E-state index is 8.31. The van der Waals surface area contributed by atoms with Crippen LogP contribution in [0.5, 0.6) is 0 Å².